The summed E-state index contributed by atoms with van der Waals surface area (Å²) >= 11 is 0. The van der Waals surface area contributed by atoms with E-state index in [1.807, 2.05) is 36.7 Å². The summed E-state index contributed by atoms with van der Waals surface area (Å²) < 4.78 is 5.96. The highest BCUT2D eigenvalue weighted by Crippen LogP contribution is 2.36. The first-order chi connectivity index (χ1) is 11.9. The minimum atomic E-state index is 0.479. The molecule has 2 aliphatic heterocycles. The normalized spacial score (nSPS) is 19.3. The van der Waals surface area contributed by atoms with Crippen molar-refractivity contribution in [1.29, 1.82) is 0 Å². The quantitative estimate of drug-likeness (QED) is 0.940. The molecule has 4 rings (SSSR count). The smallest absolute Gasteiger partial charge is 0.121 e. The summed E-state index contributed by atoms with van der Waals surface area (Å²) in [5.41, 5.74) is 3.28. The second-order valence-corrected chi connectivity index (χ2v) is 6.17. The molecule has 124 valence electrons. The SMILES string of the molecule is C1=Nc2ccc(OCCc3ccccn3)cc2N2CCNC[C@@H]2C1. The van der Waals surface area contributed by atoms with E-state index in [0.29, 0.717) is 12.6 Å². The van der Waals surface area contributed by atoms with Crippen LogP contribution in [0.4, 0.5) is 11.4 Å². The standard InChI is InChI=1S/C19H22N4O/c1-2-8-21-15(3-1)7-12-24-17-4-5-18-19(13-17)23-11-10-20-14-16(23)6-9-22-18/h1-5,8-9,13,16,20H,6-7,10-12,14H2/t16-/m0/s1. The number of anilines is 1. The second-order valence-electron chi connectivity index (χ2n) is 6.17. The molecule has 5 heteroatoms. The number of ether oxygens (including phenoxy) is 1. The summed E-state index contributed by atoms with van der Waals surface area (Å²) in [6, 6.07) is 12.7. The summed E-state index contributed by atoms with van der Waals surface area (Å²) in [6.45, 7) is 3.67. The molecule has 1 aromatic carbocycles. The minimum absolute atomic E-state index is 0.479. The largest absolute Gasteiger partial charge is 0.493 e. The molecule has 2 aromatic rings. The molecule has 0 saturated carbocycles. The number of pyridine rings is 1. The third-order valence-electron chi connectivity index (χ3n) is 4.57. The van der Waals surface area contributed by atoms with E-state index in [4.69, 9.17) is 4.74 Å². The van der Waals surface area contributed by atoms with Crippen LogP contribution in [0, 0.1) is 0 Å². The number of hydrogen-bond acceptors (Lipinski definition) is 5. The van der Waals surface area contributed by atoms with E-state index in [2.05, 4.69) is 32.3 Å². The fraction of sp³-hybridized carbons (Fsp3) is 0.368. The van der Waals surface area contributed by atoms with E-state index in [0.717, 1.165) is 49.6 Å². The average Bonchev–Trinajstić information content (AvgIpc) is 2.82. The molecule has 3 heterocycles. The van der Waals surface area contributed by atoms with Crippen molar-refractivity contribution in [3.63, 3.8) is 0 Å². The van der Waals surface area contributed by atoms with Crippen molar-refractivity contribution in [2.45, 2.75) is 18.9 Å². The van der Waals surface area contributed by atoms with E-state index in [-0.39, 0.29) is 0 Å². The fourth-order valence-electron chi connectivity index (χ4n) is 3.31. The van der Waals surface area contributed by atoms with Gasteiger partial charge >= 0.3 is 0 Å². The molecule has 0 amide bonds. The first-order valence-corrected chi connectivity index (χ1v) is 8.57. The summed E-state index contributed by atoms with van der Waals surface area (Å²) in [7, 11) is 0. The third kappa shape index (κ3) is 3.26. The van der Waals surface area contributed by atoms with Crippen molar-refractivity contribution in [3.05, 3.63) is 48.3 Å². The number of nitrogens with one attached hydrogen (secondary N) is 1. The van der Waals surface area contributed by atoms with Gasteiger partial charge in [-0.2, -0.15) is 0 Å². The minimum Gasteiger partial charge on any atom is -0.493 e. The van der Waals surface area contributed by atoms with E-state index in [1.165, 1.54) is 5.69 Å². The summed E-state index contributed by atoms with van der Waals surface area (Å²) in [5, 5.41) is 3.47. The van der Waals surface area contributed by atoms with E-state index >= 15 is 0 Å². The van der Waals surface area contributed by atoms with Crippen LogP contribution in [0.2, 0.25) is 0 Å². The Kier molecular flexibility index (Phi) is 4.42. The lowest BCUT2D eigenvalue weighted by Crippen LogP contribution is -2.51. The highest BCUT2D eigenvalue weighted by molar-refractivity contribution is 5.78. The van der Waals surface area contributed by atoms with Crippen molar-refractivity contribution in [3.8, 4) is 5.75 Å². The van der Waals surface area contributed by atoms with E-state index in [9.17, 15) is 0 Å². The Hall–Kier alpha value is -2.40. The van der Waals surface area contributed by atoms with E-state index in [1.54, 1.807) is 0 Å². The van der Waals surface area contributed by atoms with Crippen LogP contribution in [0.5, 0.6) is 5.75 Å². The number of hydrogen-bond donors (Lipinski definition) is 1. The Morgan fingerprint density at radius 1 is 1.25 bits per heavy atom. The van der Waals surface area contributed by atoms with Crippen molar-refractivity contribution in [2.75, 3.05) is 31.1 Å². The van der Waals surface area contributed by atoms with Crippen molar-refractivity contribution >= 4 is 17.6 Å². The molecule has 1 atom stereocenters. The Morgan fingerprint density at radius 3 is 3.17 bits per heavy atom. The highest BCUT2D eigenvalue weighted by Gasteiger charge is 2.25. The van der Waals surface area contributed by atoms with Crippen LogP contribution in [0.25, 0.3) is 0 Å². The zero-order valence-electron chi connectivity index (χ0n) is 13.7. The Morgan fingerprint density at radius 2 is 2.25 bits per heavy atom. The van der Waals surface area contributed by atoms with Gasteiger partial charge in [0.1, 0.15) is 5.75 Å². The number of aromatic nitrogens is 1. The monoisotopic (exact) mass is 322 g/mol. The van der Waals surface area contributed by atoms with Crippen molar-refractivity contribution in [1.82, 2.24) is 10.3 Å². The van der Waals surface area contributed by atoms with Crippen molar-refractivity contribution in [2.24, 2.45) is 4.99 Å². The van der Waals surface area contributed by atoms with Gasteiger partial charge in [-0.3, -0.25) is 9.98 Å². The Labute approximate surface area is 142 Å². The molecule has 0 spiro atoms. The molecule has 1 aromatic heterocycles. The number of benzene rings is 1. The van der Waals surface area contributed by atoms with Crippen molar-refractivity contribution < 1.29 is 4.74 Å². The lowest BCUT2D eigenvalue weighted by atomic mass is 10.1. The summed E-state index contributed by atoms with van der Waals surface area (Å²) in [5.74, 6) is 0.902. The van der Waals surface area contributed by atoms with Gasteiger partial charge in [0.25, 0.3) is 0 Å². The van der Waals surface area contributed by atoms with Crippen LogP contribution in [0.15, 0.2) is 47.6 Å². The molecule has 2 aliphatic rings. The van der Waals surface area contributed by atoms with Gasteiger partial charge in [0.2, 0.25) is 0 Å². The van der Waals surface area contributed by atoms with Gasteiger partial charge in [-0.25, -0.2) is 0 Å². The predicted molar refractivity (Wildman–Crippen MR) is 96.7 cm³/mol. The van der Waals surface area contributed by atoms with Gasteiger partial charge in [-0.05, 0) is 24.3 Å². The lowest BCUT2D eigenvalue weighted by Gasteiger charge is -2.37. The molecule has 5 nitrogen and oxygen atoms in total. The van der Waals surface area contributed by atoms with Gasteiger partial charge in [-0.15, -0.1) is 0 Å². The third-order valence-corrected chi connectivity index (χ3v) is 4.57. The molecule has 24 heavy (non-hydrogen) atoms. The van der Waals surface area contributed by atoms with Gasteiger partial charge in [0.15, 0.2) is 0 Å². The topological polar surface area (TPSA) is 49.8 Å². The Balaban J connectivity index is 1.48. The van der Waals surface area contributed by atoms with Gasteiger partial charge < -0.3 is 15.0 Å². The van der Waals surface area contributed by atoms with E-state index < -0.39 is 0 Å². The molecule has 0 unspecified atom stereocenters. The van der Waals surface area contributed by atoms with Crippen LogP contribution in [0.3, 0.4) is 0 Å². The second kappa shape index (κ2) is 7.01. The molecule has 0 aliphatic carbocycles. The number of nitrogens with zero attached hydrogens (tertiary/aromatic N) is 3. The molecular weight excluding hydrogens is 300 g/mol. The first-order valence-electron chi connectivity index (χ1n) is 8.57. The summed E-state index contributed by atoms with van der Waals surface area (Å²) in [4.78, 5) is 11.4. The van der Waals surface area contributed by atoms with Crippen LogP contribution < -0.4 is 15.0 Å². The number of rotatable bonds is 4. The number of piperazine rings is 1. The van der Waals surface area contributed by atoms with Gasteiger partial charge in [0.05, 0.1) is 18.0 Å². The summed E-state index contributed by atoms with van der Waals surface area (Å²) in [6.07, 6.45) is 5.66. The van der Waals surface area contributed by atoms with Crippen LogP contribution in [-0.4, -0.2) is 43.5 Å². The Bertz CT molecular complexity index is 717. The van der Waals surface area contributed by atoms with Crippen LogP contribution >= 0.6 is 0 Å². The molecule has 1 N–H and O–H groups in total. The predicted octanol–water partition coefficient (Wildman–Crippen LogP) is 2.59. The number of fused-ring (bicyclic) bond motifs is 3. The fourth-order valence-corrected chi connectivity index (χ4v) is 3.31. The maximum absolute atomic E-state index is 5.96. The zero-order chi connectivity index (χ0) is 16.2. The molecule has 1 fully saturated rings. The highest BCUT2D eigenvalue weighted by atomic mass is 16.5. The van der Waals surface area contributed by atoms with Crippen LogP contribution in [0.1, 0.15) is 12.1 Å². The van der Waals surface area contributed by atoms with Gasteiger partial charge in [-0.1, -0.05) is 6.07 Å². The average molecular weight is 322 g/mol. The molecular formula is C19H22N4O. The maximum atomic E-state index is 5.96. The molecule has 0 bridgehead atoms. The molecule has 0 radical (unpaired) electrons. The lowest BCUT2D eigenvalue weighted by molar-refractivity contribution is 0.320. The van der Waals surface area contributed by atoms with Gasteiger partial charge in [0, 0.05) is 62.7 Å². The molecule has 1 saturated heterocycles. The maximum Gasteiger partial charge on any atom is 0.121 e. The zero-order valence-corrected chi connectivity index (χ0v) is 13.7. The number of aliphatic imine (C=N–C) groups is 1. The first kappa shape index (κ1) is 15.1. The van der Waals surface area contributed by atoms with Crippen LogP contribution in [-0.2, 0) is 6.42 Å².